The zero-order valence-corrected chi connectivity index (χ0v) is 37.1. The Balaban J connectivity index is 1.07. The van der Waals surface area contributed by atoms with Crippen molar-refractivity contribution in [2.45, 2.75) is 38.5 Å². The van der Waals surface area contributed by atoms with Gasteiger partial charge >= 0.3 is 0 Å². The van der Waals surface area contributed by atoms with Crippen LogP contribution in [0.4, 0.5) is 0 Å². The average Bonchev–Trinajstić information content (AvgIpc) is 4.04. The Bertz CT molecular complexity index is 4060. The fourth-order valence-electron chi connectivity index (χ4n) is 12.5. The van der Waals surface area contributed by atoms with E-state index in [4.69, 9.17) is 8.83 Å². The fourth-order valence-corrected chi connectivity index (χ4v) is 12.5. The van der Waals surface area contributed by atoms with E-state index in [9.17, 15) is 0 Å². The fraction of sp³-hybridized carbons (Fsp3) is 0.0938. The number of furan rings is 2. The van der Waals surface area contributed by atoms with Gasteiger partial charge in [-0.2, -0.15) is 0 Å². The van der Waals surface area contributed by atoms with Gasteiger partial charge in [0.05, 0.1) is 0 Å². The molecule has 0 N–H and O–H groups in total. The van der Waals surface area contributed by atoms with Gasteiger partial charge in [-0.15, -0.1) is 0 Å². The molecule has 2 aliphatic carbocycles. The molecule has 2 heteroatoms. The first-order chi connectivity index (χ1) is 32.2. The van der Waals surface area contributed by atoms with Crippen LogP contribution in [0.1, 0.15) is 49.9 Å². The van der Waals surface area contributed by atoms with Gasteiger partial charge in [0, 0.05) is 32.4 Å². The Hall–Kier alpha value is -7.94. The Labute approximate surface area is 381 Å². The largest absolute Gasteiger partial charge is 0.456 e. The minimum Gasteiger partial charge on any atom is -0.456 e. The Morgan fingerprint density at radius 2 is 0.682 bits per heavy atom. The van der Waals surface area contributed by atoms with Gasteiger partial charge in [0.1, 0.15) is 22.3 Å². The van der Waals surface area contributed by atoms with E-state index < -0.39 is 0 Å². The minimum atomic E-state index is -0.141. The number of fused-ring (bicyclic) bond motifs is 18. The summed E-state index contributed by atoms with van der Waals surface area (Å²) in [6.07, 6.45) is 0. The van der Waals surface area contributed by atoms with Crippen LogP contribution in [0.5, 0.6) is 0 Å². The summed E-state index contributed by atoms with van der Waals surface area (Å²) in [4.78, 5) is 0. The van der Waals surface area contributed by atoms with Gasteiger partial charge in [-0.1, -0.05) is 125 Å². The summed E-state index contributed by atoms with van der Waals surface area (Å²) in [5.41, 5.74) is 19.0. The summed E-state index contributed by atoms with van der Waals surface area (Å²) < 4.78 is 12.7. The second kappa shape index (κ2) is 12.4. The minimum absolute atomic E-state index is 0.141. The summed E-state index contributed by atoms with van der Waals surface area (Å²) in [6, 6.07) is 68.2. The van der Waals surface area contributed by atoms with Gasteiger partial charge in [-0.25, -0.2) is 0 Å². The van der Waals surface area contributed by atoms with Gasteiger partial charge in [0.25, 0.3) is 0 Å². The molecule has 15 rings (SSSR count). The molecule has 0 amide bonds. The second-order valence-corrected chi connectivity index (χ2v) is 20.0. The summed E-state index contributed by atoms with van der Waals surface area (Å²) in [6.45, 7) is 9.56. The molecule has 310 valence electrons. The molecule has 0 bridgehead atoms. The van der Waals surface area contributed by atoms with Gasteiger partial charge in [-0.05, 0) is 195 Å². The van der Waals surface area contributed by atoms with E-state index in [1.807, 2.05) is 12.1 Å². The van der Waals surface area contributed by atoms with Crippen LogP contribution in [0.2, 0.25) is 0 Å². The lowest BCUT2D eigenvalue weighted by molar-refractivity contribution is 0.661. The van der Waals surface area contributed by atoms with Crippen molar-refractivity contribution >= 4 is 87.0 Å². The van der Waals surface area contributed by atoms with Crippen LogP contribution >= 0.6 is 0 Å². The quantitative estimate of drug-likeness (QED) is 0.128. The molecule has 2 aromatic heterocycles. The van der Waals surface area contributed by atoms with E-state index in [1.165, 1.54) is 110 Å². The number of para-hydroxylation sites is 2. The predicted octanol–water partition coefficient (Wildman–Crippen LogP) is 18.0. The lowest BCUT2D eigenvalue weighted by atomic mass is 9.80. The maximum absolute atomic E-state index is 6.35. The molecular weight excluding hydrogens is 801 g/mol. The third kappa shape index (κ3) is 4.70. The molecule has 0 aliphatic heterocycles. The third-order valence-electron chi connectivity index (χ3n) is 15.8. The maximum atomic E-state index is 6.35. The zero-order valence-electron chi connectivity index (χ0n) is 37.1. The van der Waals surface area contributed by atoms with Crippen molar-refractivity contribution < 1.29 is 8.83 Å². The molecule has 2 nitrogen and oxygen atoms in total. The van der Waals surface area contributed by atoms with Crippen molar-refractivity contribution in [3.63, 3.8) is 0 Å². The lowest BCUT2D eigenvalue weighted by Gasteiger charge is -2.23. The first kappa shape index (κ1) is 36.4. The van der Waals surface area contributed by atoms with E-state index >= 15 is 0 Å². The van der Waals surface area contributed by atoms with E-state index in [0.29, 0.717) is 0 Å². The van der Waals surface area contributed by atoms with Crippen molar-refractivity contribution in [1.29, 1.82) is 0 Å². The second-order valence-electron chi connectivity index (χ2n) is 20.0. The lowest BCUT2D eigenvalue weighted by Crippen LogP contribution is -2.14. The Morgan fingerprint density at radius 3 is 1.17 bits per heavy atom. The molecule has 2 heterocycles. The molecule has 0 saturated carbocycles. The summed E-state index contributed by atoms with van der Waals surface area (Å²) in [7, 11) is 0. The van der Waals surface area contributed by atoms with Crippen LogP contribution < -0.4 is 0 Å². The highest BCUT2D eigenvalue weighted by Crippen LogP contribution is 2.54. The molecule has 11 aromatic carbocycles. The standard InChI is InChI=1S/C64H42O2/c1-63(2)55-17-9-5-13-39(55)51-31-47-43(35-21-23-61-53(26-35)41-15-7-11-19-59(41)65-61)28-37-25-38-29-44(36-22-24-62-54(27-36)42-16-8-12-20-60(42)66-62)48-32-52-40-14-6-10-18-56(40)64(3,4)58(52)34-50(48)46(38)30-45(37)49(47)33-57(51)63/h5-34H,1-4H3. The third-order valence-corrected chi connectivity index (χ3v) is 15.8. The molecule has 13 aromatic rings. The molecule has 0 spiro atoms. The first-order valence-electron chi connectivity index (χ1n) is 23.2. The van der Waals surface area contributed by atoms with Crippen molar-refractivity contribution in [3.8, 4) is 44.5 Å². The van der Waals surface area contributed by atoms with Gasteiger partial charge in [-0.3, -0.25) is 0 Å². The molecular formula is C64H42O2. The van der Waals surface area contributed by atoms with E-state index in [-0.39, 0.29) is 10.8 Å². The van der Waals surface area contributed by atoms with E-state index in [1.54, 1.807) is 0 Å². The monoisotopic (exact) mass is 842 g/mol. The highest BCUT2D eigenvalue weighted by molar-refractivity contribution is 6.24. The van der Waals surface area contributed by atoms with Crippen LogP contribution in [0, 0.1) is 0 Å². The highest BCUT2D eigenvalue weighted by Gasteiger charge is 2.37. The molecule has 0 radical (unpaired) electrons. The summed E-state index contributed by atoms with van der Waals surface area (Å²) >= 11 is 0. The number of hydrogen-bond acceptors (Lipinski definition) is 2. The molecule has 0 atom stereocenters. The normalized spacial score (nSPS) is 14.6. The van der Waals surface area contributed by atoms with Crippen LogP contribution in [-0.2, 0) is 10.8 Å². The Morgan fingerprint density at radius 1 is 0.258 bits per heavy atom. The van der Waals surface area contributed by atoms with Gasteiger partial charge in [0.15, 0.2) is 0 Å². The van der Waals surface area contributed by atoms with Crippen LogP contribution in [0.25, 0.3) is 131 Å². The average molecular weight is 843 g/mol. The van der Waals surface area contributed by atoms with Crippen molar-refractivity contribution in [2.24, 2.45) is 0 Å². The SMILES string of the molecule is CC1(C)c2ccccc2-c2cc3c(-c4ccc5oc6ccccc6c5c4)cc4cc5cc(-c6ccc7oc8ccccc8c7c6)c6cc7c(cc6c5cc4c3cc21)C(C)(C)c1ccccc1-7. The topological polar surface area (TPSA) is 26.3 Å². The number of rotatable bonds is 2. The van der Waals surface area contributed by atoms with Gasteiger partial charge < -0.3 is 8.83 Å². The smallest absolute Gasteiger partial charge is 0.135 e. The van der Waals surface area contributed by atoms with Crippen molar-refractivity contribution in [1.82, 2.24) is 0 Å². The molecule has 66 heavy (non-hydrogen) atoms. The van der Waals surface area contributed by atoms with Crippen molar-refractivity contribution in [3.05, 3.63) is 204 Å². The van der Waals surface area contributed by atoms with Crippen LogP contribution in [0.3, 0.4) is 0 Å². The van der Waals surface area contributed by atoms with E-state index in [2.05, 4.69) is 198 Å². The molecule has 2 aliphatic rings. The highest BCUT2D eigenvalue weighted by atomic mass is 16.3. The molecule has 0 unspecified atom stereocenters. The summed E-state index contributed by atoms with van der Waals surface area (Å²) in [5, 5.41) is 14.6. The Kier molecular flexibility index (Phi) is 6.86. The molecule has 0 fully saturated rings. The van der Waals surface area contributed by atoms with Crippen LogP contribution in [0.15, 0.2) is 191 Å². The number of hydrogen-bond donors (Lipinski definition) is 0. The maximum Gasteiger partial charge on any atom is 0.135 e. The van der Waals surface area contributed by atoms with E-state index in [0.717, 1.165) is 43.9 Å². The molecule has 0 saturated heterocycles. The first-order valence-corrected chi connectivity index (χ1v) is 23.2. The van der Waals surface area contributed by atoms with Gasteiger partial charge in [0.2, 0.25) is 0 Å². The predicted molar refractivity (Wildman–Crippen MR) is 277 cm³/mol. The van der Waals surface area contributed by atoms with Crippen molar-refractivity contribution in [2.75, 3.05) is 0 Å². The summed E-state index contributed by atoms with van der Waals surface area (Å²) in [5.74, 6) is 0. The zero-order chi connectivity index (χ0) is 43.8. The van der Waals surface area contributed by atoms with Crippen LogP contribution in [-0.4, -0.2) is 0 Å². The number of benzene rings is 11.